The first kappa shape index (κ1) is 12.1. The van der Waals surface area contributed by atoms with Crippen LogP contribution in [0.3, 0.4) is 0 Å². The summed E-state index contributed by atoms with van der Waals surface area (Å²) in [5.41, 5.74) is 2.57. The highest BCUT2D eigenvalue weighted by atomic mass is 16.3. The first-order chi connectivity index (χ1) is 9.69. The van der Waals surface area contributed by atoms with E-state index in [1.807, 2.05) is 24.3 Å². The van der Waals surface area contributed by atoms with Crippen LogP contribution in [-0.4, -0.2) is 22.0 Å². The van der Waals surface area contributed by atoms with Gasteiger partial charge in [-0.2, -0.15) is 5.26 Å². The van der Waals surface area contributed by atoms with Crippen LogP contribution in [0.1, 0.15) is 11.6 Å². The fourth-order valence-electron chi connectivity index (χ4n) is 1.94. The number of fused-ring (bicyclic) bond motifs is 1. The van der Waals surface area contributed by atoms with E-state index in [-0.39, 0.29) is 0 Å². The minimum atomic E-state index is 0.316. The monoisotopic (exact) mass is 265 g/mol. The van der Waals surface area contributed by atoms with Gasteiger partial charge in [-0.15, -0.1) is 0 Å². The van der Waals surface area contributed by atoms with Crippen LogP contribution in [-0.2, 0) is 0 Å². The number of aryl methyl sites for hydroxylation is 1. The van der Waals surface area contributed by atoms with Gasteiger partial charge >= 0.3 is 0 Å². The van der Waals surface area contributed by atoms with Crippen LogP contribution in [0.5, 0.6) is 0 Å². The maximum Gasteiger partial charge on any atom is 0.192 e. The van der Waals surface area contributed by atoms with Crippen molar-refractivity contribution in [3.8, 4) is 17.5 Å². The zero-order valence-corrected chi connectivity index (χ0v) is 11.0. The SMILES string of the molecule is CNc1cc(C#N)nc(-c2ccc3oc(C)nc3c2)n1. The molecule has 0 spiro atoms. The number of anilines is 1. The number of nitrogens with one attached hydrogen (secondary N) is 1. The predicted octanol–water partition coefficient (Wildman–Crippen LogP) is 2.51. The molecule has 6 nitrogen and oxygen atoms in total. The molecule has 0 unspecified atom stereocenters. The number of nitriles is 1. The Labute approximate surface area is 115 Å². The van der Waals surface area contributed by atoms with E-state index in [9.17, 15) is 0 Å². The Bertz CT molecular complexity index is 831. The van der Waals surface area contributed by atoms with Gasteiger partial charge in [0, 0.05) is 25.6 Å². The zero-order valence-electron chi connectivity index (χ0n) is 11.0. The van der Waals surface area contributed by atoms with E-state index in [0.29, 0.717) is 23.2 Å². The molecule has 0 saturated carbocycles. The Hall–Kier alpha value is -2.94. The van der Waals surface area contributed by atoms with E-state index in [4.69, 9.17) is 9.68 Å². The quantitative estimate of drug-likeness (QED) is 0.766. The molecule has 0 saturated heterocycles. The van der Waals surface area contributed by atoms with E-state index in [0.717, 1.165) is 16.7 Å². The van der Waals surface area contributed by atoms with Crippen LogP contribution >= 0.6 is 0 Å². The van der Waals surface area contributed by atoms with Gasteiger partial charge in [0.15, 0.2) is 17.3 Å². The number of hydrogen-bond acceptors (Lipinski definition) is 6. The topological polar surface area (TPSA) is 87.6 Å². The largest absolute Gasteiger partial charge is 0.441 e. The molecule has 2 heterocycles. The number of hydrogen-bond donors (Lipinski definition) is 1. The fourth-order valence-corrected chi connectivity index (χ4v) is 1.94. The number of oxazole rings is 1. The van der Waals surface area contributed by atoms with Crippen molar-refractivity contribution in [2.24, 2.45) is 0 Å². The Morgan fingerprint density at radius 2 is 2.05 bits per heavy atom. The molecule has 0 atom stereocenters. The van der Waals surface area contributed by atoms with E-state index < -0.39 is 0 Å². The number of aromatic nitrogens is 3. The Kier molecular flexibility index (Phi) is 2.80. The summed E-state index contributed by atoms with van der Waals surface area (Å²) in [5, 5.41) is 11.9. The molecule has 0 radical (unpaired) electrons. The summed E-state index contributed by atoms with van der Waals surface area (Å²) in [6, 6.07) is 9.15. The standard InChI is InChI=1S/C14H11N5O/c1-8-17-11-5-9(3-4-12(11)20-8)14-18-10(7-15)6-13(16-2)19-14/h3-6H,1-2H3,(H,16,18,19). The highest BCUT2D eigenvalue weighted by molar-refractivity contribution is 5.78. The maximum absolute atomic E-state index is 9.01. The van der Waals surface area contributed by atoms with Crippen molar-refractivity contribution in [2.45, 2.75) is 6.92 Å². The van der Waals surface area contributed by atoms with Crippen molar-refractivity contribution in [2.75, 3.05) is 12.4 Å². The predicted molar refractivity (Wildman–Crippen MR) is 74.0 cm³/mol. The molecule has 0 bridgehead atoms. The van der Waals surface area contributed by atoms with Crippen LogP contribution in [0.15, 0.2) is 28.7 Å². The van der Waals surface area contributed by atoms with Gasteiger partial charge in [0.25, 0.3) is 0 Å². The average molecular weight is 265 g/mol. The second-order valence-electron chi connectivity index (χ2n) is 4.24. The highest BCUT2D eigenvalue weighted by Crippen LogP contribution is 2.23. The molecule has 0 amide bonds. The van der Waals surface area contributed by atoms with Crippen molar-refractivity contribution in [1.29, 1.82) is 5.26 Å². The summed E-state index contributed by atoms with van der Waals surface area (Å²) < 4.78 is 5.43. The first-order valence-corrected chi connectivity index (χ1v) is 6.04. The lowest BCUT2D eigenvalue weighted by atomic mass is 10.2. The van der Waals surface area contributed by atoms with Crippen LogP contribution in [0.4, 0.5) is 5.82 Å². The lowest BCUT2D eigenvalue weighted by Gasteiger charge is -2.04. The summed E-state index contributed by atoms with van der Waals surface area (Å²) in [6.07, 6.45) is 0. The van der Waals surface area contributed by atoms with E-state index in [2.05, 4.69) is 20.3 Å². The summed E-state index contributed by atoms with van der Waals surface area (Å²) in [5.74, 6) is 1.69. The molecule has 1 aromatic carbocycles. The van der Waals surface area contributed by atoms with Gasteiger partial charge in [0.1, 0.15) is 23.1 Å². The first-order valence-electron chi connectivity index (χ1n) is 6.04. The molecule has 0 aliphatic carbocycles. The van der Waals surface area contributed by atoms with Gasteiger partial charge in [-0.05, 0) is 18.2 Å². The molecular weight excluding hydrogens is 254 g/mol. The lowest BCUT2D eigenvalue weighted by molar-refractivity contribution is 0.561. The smallest absolute Gasteiger partial charge is 0.192 e. The second-order valence-corrected chi connectivity index (χ2v) is 4.24. The molecule has 3 rings (SSSR count). The third-order valence-electron chi connectivity index (χ3n) is 2.85. The van der Waals surface area contributed by atoms with E-state index in [1.54, 1.807) is 20.0 Å². The Balaban J connectivity index is 2.16. The van der Waals surface area contributed by atoms with Crippen molar-refractivity contribution < 1.29 is 4.42 Å². The summed E-state index contributed by atoms with van der Waals surface area (Å²) >= 11 is 0. The highest BCUT2D eigenvalue weighted by Gasteiger charge is 2.09. The third-order valence-corrected chi connectivity index (χ3v) is 2.85. The van der Waals surface area contributed by atoms with E-state index >= 15 is 0 Å². The average Bonchev–Trinajstić information content (AvgIpc) is 2.85. The van der Waals surface area contributed by atoms with Crippen molar-refractivity contribution >= 4 is 16.9 Å². The van der Waals surface area contributed by atoms with Crippen molar-refractivity contribution in [3.05, 3.63) is 35.9 Å². The molecule has 1 N–H and O–H groups in total. The molecule has 0 aliphatic heterocycles. The third kappa shape index (κ3) is 2.06. The van der Waals surface area contributed by atoms with Crippen LogP contribution < -0.4 is 5.32 Å². The molecule has 98 valence electrons. The summed E-state index contributed by atoms with van der Waals surface area (Å²) in [6.45, 7) is 1.80. The Morgan fingerprint density at radius 1 is 1.20 bits per heavy atom. The van der Waals surface area contributed by atoms with Crippen molar-refractivity contribution in [3.63, 3.8) is 0 Å². The molecule has 20 heavy (non-hydrogen) atoms. The number of nitrogens with zero attached hydrogens (tertiary/aromatic N) is 4. The van der Waals surface area contributed by atoms with Crippen molar-refractivity contribution in [1.82, 2.24) is 15.0 Å². The summed E-state index contributed by atoms with van der Waals surface area (Å²) in [4.78, 5) is 12.8. The Morgan fingerprint density at radius 3 is 2.80 bits per heavy atom. The molecule has 2 aromatic heterocycles. The zero-order chi connectivity index (χ0) is 14.1. The van der Waals surface area contributed by atoms with Gasteiger partial charge in [-0.3, -0.25) is 0 Å². The minimum Gasteiger partial charge on any atom is -0.441 e. The van der Waals surface area contributed by atoms with Gasteiger partial charge in [-0.25, -0.2) is 15.0 Å². The van der Waals surface area contributed by atoms with Crippen LogP contribution in [0, 0.1) is 18.3 Å². The second kappa shape index (κ2) is 4.63. The van der Waals surface area contributed by atoms with Crippen LogP contribution in [0.25, 0.3) is 22.5 Å². The van der Waals surface area contributed by atoms with Gasteiger partial charge in [0.2, 0.25) is 0 Å². The maximum atomic E-state index is 9.01. The molecule has 0 aliphatic rings. The molecule has 0 fully saturated rings. The normalized spacial score (nSPS) is 10.4. The summed E-state index contributed by atoms with van der Waals surface area (Å²) in [7, 11) is 1.75. The molecular formula is C14H11N5O. The van der Waals surface area contributed by atoms with Gasteiger partial charge in [-0.1, -0.05) is 0 Å². The van der Waals surface area contributed by atoms with Gasteiger partial charge < -0.3 is 9.73 Å². The van der Waals surface area contributed by atoms with E-state index in [1.165, 1.54) is 0 Å². The lowest BCUT2D eigenvalue weighted by Crippen LogP contribution is -1.98. The van der Waals surface area contributed by atoms with Crippen LogP contribution in [0.2, 0.25) is 0 Å². The molecule has 6 heteroatoms. The number of rotatable bonds is 2. The minimum absolute atomic E-state index is 0.316. The van der Waals surface area contributed by atoms with Gasteiger partial charge in [0.05, 0.1) is 0 Å². The number of benzene rings is 1. The molecule has 3 aromatic rings. The fraction of sp³-hybridized carbons (Fsp3) is 0.143.